The Morgan fingerprint density at radius 2 is 1.63 bits per heavy atom. The first-order valence-corrected chi connectivity index (χ1v) is 11.1. The van der Waals surface area contributed by atoms with Gasteiger partial charge in [0.2, 0.25) is 5.95 Å². The van der Waals surface area contributed by atoms with Crippen molar-refractivity contribution in [3.63, 3.8) is 0 Å². The Hall–Kier alpha value is -2.67. The molecule has 30 heavy (non-hydrogen) atoms. The summed E-state index contributed by atoms with van der Waals surface area (Å²) in [6.45, 7) is 14.8. The van der Waals surface area contributed by atoms with Crippen molar-refractivity contribution >= 4 is 11.9 Å². The molecule has 0 atom stereocenters. The van der Waals surface area contributed by atoms with Crippen molar-refractivity contribution < 1.29 is 0 Å². The molecule has 162 valence electrons. The van der Waals surface area contributed by atoms with E-state index in [1.54, 1.807) is 12.4 Å². The number of aliphatic imine (C=N–C) groups is 1. The zero-order valence-electron chi connectivity index (χ0n) is 18.6. The molecule has 1 N–H and O–H groups in total. The monoisotopic (exact) mass is 409 g/mol. The molecular formula is C23H35N7. The molecule has 0 unspecified atom stereocenters. The van der Waals surface area contributed by atoms with Gasteiger partial charge >= 0.3 is 0 Å². The van der Waals surface area contributed by atoms with Gasteiger partial charge in [-0.15, -0.1) is 0 Å². The first-order valence-electron chi connectivity index (χ1n) is 11.1. The molecule has 1 aromatic carbocycles. The molecule has 1 aliphatic heterocycles. The molecule has 0 spiro atoms. The molecule has 7 heteroatoms. The number of piperazine rings is 1. The predicted octanol–water partition coefficient (Wildman–Crippen LogP) is 2.61. The fraction of sp³-hybridized carbons (Fsp3) is 0.522. The van der Waals surface area contributed by atoms with E-state index in [9.17, 15) is 0 Å². The Kier molecular flexibility index (Phi) is 8.44. The van der Waals surface area contributed by atoms with Gasteiger partial charge in [0.25, 0.3) is 0 Å². The van der Waals surface area contributed by atoms with Gasteiger partial charge in [-0.05, 0) is 37.2 Å². The van der Waals surface area contributed by atoms with Gasteiger partial charge in [0.05, 0.1) is 6.54 Å². The second kappa shape index (κ2) is 11.5. The van der Waals surface area contributed by atoms with Crippen LogP contribution in [0.3, 0.4) is 0 Å². The minimum atomic E-state index is 0.696. The molecule has 0 bridgehead atoms. The Balaban J connectivity index is 1.66. The average Bonchev–Trinajstić information content (AvgIpc) is 2.81. The predicted molar refractivity (Wildman–Crippen MR) is 124 cm³/mol. The smallest absolute Gasteiger partial charge is 0.225 e. The van der Waals surface area contributed by atoms with E-state index < -0.39 is 0 Å². The van der Waals surface area contributed by atoms with Crippen molar-refractivity contribution in [1.29, 1.82) is 0 Å². The summed E-state index contributed by atoms with van der Waals surface area (Å²) in [5, 5.41) is 3.48. The van der Waals surface area contributed by atoms with Gasteiger partial charge in [-0.2, -0.15) is 0 Å². The number of hydrogen-bond acceptors (Lipinski definition) is 5. The quantitative estimate of drug-likeness (QED) is 0.534. The number of nitrogens with one attached hydrogen (secondary N) is 1. The van der Waals surface area contributed by atoms with Crippen LogP contribution in [0.25, 0.3) is 0 Å². The minimum absolute atomic E-state index is 0.696. The Bertz CT molecular complexity index is 781. The zero-order valence-corrected chi connectivity index (χ0v) is 18.6. The molecule has 1 aliphatic rings. The largest absolute Gasteiger partial charge is 0.357 e. The van der Waals surface area contributed by atoms with Crippen molar-refractivity contribution in [3.05, 3.63) is 53.9 Å². The van der Waals surface area contributed by atoms with Crippen LogP contribution in [-0.4, -0.2) is 71.5 Å². The lowest BCUT2D eigenvalue weighted by atomic mass is 10.1. The maximum atomic E-state index is 4.99. The van der Waals surface area contributed by atoms with Crippen molar-refractivity contribution in [2.45, 2.75) is 33.9 Å². The van der Waals surface area contributed by atoms with Crippen LogP contribution in [-0.2, 0) is 13.1 Å². The molecule has 1 aromatic heterocycles. The number of anilines is 1. The molecule has 1 fully saturated rings. The van der Waals surface area contributed by atoms with E-state index in [0.717, 1.165) is 64.3 Å². The summed E-state index contributed by atoms with van der Waals surface area (Å²) in [4.78, 5) is 20.8. The highest BCUT2D eigenvalue weighted by Gasteiger charge is 2.21. The Morgan fingerprint density at radius 1 is 0.967 bits per heavy atom. The van der Waals surface area contributed by atoms with Gasteiger partial charge in [0.1, 0.15) is 0 Å². The fourth-order valence-electron chi connectivity index (χ4n) is 3.71. The van der Waals surface area contributed by atoms with Crippen molar-refractivity contribution in [3.8, 4) is 0 Å². The standard InChI is InChI=1S/C23H35N7/c1-4-24-22(29-14-16-30(17-15-29)23-25-12-9-13-26-23)27-18-20-10-7-8-11-21(20)19-28(5-2)6-3/h7-13H,4-6,14-19H2,1-3H3,(H,24,27). The topological polar surface area (TPSA) is 59.9 Å². The van der Waals surface area contributed by atoms with Crippen LogP contribution >= 0.6 is 0 Å². The first-order chi connectivity index (χ1) is 14.7. The van der Waals surface area contributed by atoms with Gasteiger partial charge in [0.15, 0.2) is 5.96 Å². The second-order valence-electron chi connectivity index (χ2n) is 7.42. The maximum absolute atomic E-state index is 4.99. The van der Waals surface area contributed by atoms with Gasteiger partial charge in [-0.25, -0.2) is 15.0 Å². The van der Waals surface area contributed by atoms with Gasteiger partial charge in [0, 0.05) is 51.7 Å². The molecule has 7 nitrogen and oxygen atoms in total. The molecule has 1 saturated heterocycles. The molecule has 2 aromatic rings. The summed E-state index contributed by atoms with van der Waals surface area (Å²) >= 11 is 0. The van der Waals surface area contributed by atoms with E-state index in [1.807, 2.05) is 6.07 Å². The summed E-state index contributed by atoms with van der Waals surface area (Å²) in [7, 11) is 0. The molecule has 0 saturated carbocycles. The van der Waals surface area contributed by atoms with Crippen molar-refractivity contribution in [2.75, 3.05) is 50.7 Å². The highest BCUT2D eigenvalue weighted by atomic mass is 15.4. The third-order valence-corrected chi connectivity index (χ3v) is 5.56. The van der Waals surface area contributed by atoms with Crippen LogP contribution in [0.5, 0.6) is 0 Å². The van der Waals surface area contributed by atoms with Crippen LogP contribution in [0, 0.1) is 0 Å². The summed E-state index contributed by atoms with van der Waals surface area (Å²) in [6.07, 6.45) is 3.60. The molecule has 0 radical (unpaired) electrons. The van der Waals surface area contributed by atoms with Crippen LogP contribution in [0.2, 0.25) is 0 Å². The number of guanidine groups is 1. The lowest BCUT2D eigenvalue weighted by molar-refractivity contribution is 0.295. The van der Waals surface area contributed by atoms with E-state index >= 15 is 0 Å². The number of hydrogen-bond donors (Lipinski definition) is 1. The van der Waals surface area contributed by atoms with E-state index in [1.165, 1.54) is 11.1 Å². The van der Waals surface area contributed by atoms with Gasteiger partial charge in [-0.1, -0.05) is 38.1 Å². The Labute approximate surface area is 180 Å². The van der Waals surface area contributed by atoms with Crippen molar-refractivity contribution in [1.82, 2.24) is 25.1 Å². The number of rotatable bonds is 8. The second-order valence-corrected chi connectivity index (χ2v) is 7.42. The van der Waals surface area contributed by atoms with Crippen LogP contribution < -0.4 is 10.2 Å². The normalized spacial score (nSPS) is 15.0. The zero-order chi connectivity index (χ0) is 21.2. The maximum Gasteiger partial charge on any atom is 0.225 e. The summed E-state index contributed by atoms with van der Waals surface area (Å²) in [5.41, 5.74) is 2.67. The van der Waals surface area contributed by atoms with Gasteiger partial charge < -0.3 is 15.1 Å². The van der Waals surface area contributed by atoms with Crippen LogP contribution in [0.4, 0.5) is 5.95 Å². The van der Waals surface area contributed by atoms with E-state index in [0.29, 0.717) is 6.54 Å². The SMILES string of the molecule is CCNC(=NCc1ccccc1CN(CC)CC)N1CCN(c2ncccn2)CC1. The number of nitrogens with zero attached hydrogens (tertiary/aromatic N) is 6. The molecule has 3 rings (SSSR count). The molecular weight excluding hydrogens is 374 g/mol. The van der Waals surface area contributed by atoms with Crippen LogP contribution in [0.1, 0.15) is 31.9 Å². The van der Waals surface area contributed by atoms with E-state index in [2.05, 4.69) is 75.0 Å². The van der Waals surface area contributed by atoms with Gasteiger partial charge in [-0.3, -0.25) is 4.90 Å². The Morgan fingerprint density at radius 3 is 2.27 bits per heavy atom. The third-order valence-electron chi connectivity index (χ3n) is 5.56. The highest BCUT2D eigenvalue weighted by molar-refractivity contribution is 5.80. The highest BCUT2D eigenvalue weighted by Crippen LogP contribution is 2.14. The summed E-state index contributed by atoms with van der Waals surface area (Å²) in [6, 6.07) is 10.5. The lowest BCUT2D eigenvalue weighted by Crippen LogP contribution is -2.53. The van der Waals surface area contributed by atoms with Crippen molar-refractivity contribution in [2.24, 2.45) is 4.99 Å². The lowest BCUT2D eigenvalue weighted by Gasteiger charge is -2.36. The molecule has 0 amide bonds. The van der Waals surface area contributed by atoms with E-state index in [-0.39, 0.29) is 0 Å². The van der Waals surface area contributed by atoms with E-state index in [4.69, 9.17) is 4.99 Å². The first kappa shape index (κ1) is 22.0. The average molecular weight is 410 g/mol. The molecule has 0 aliphatic carbocycles. The fourth-order valence-corrected chi connectivity index (χ4v) is 3.71. The molecule has 2 heterocycles. The number of benzene rings is 1. The van der Waals surface area contributed by atoms with Crippen LogP contribution in [0.15, 0.2) is 47.7 Å². The minimum Gasteiger partial charge on any atom is -0.357 e. The number of aromatic nitrogens is 2. The summed E-state index contributed by atoms with van der Waals surface area (Å²) < 4.78 is 0. The third kappa shape index (κ3) is 5.92. The summed E-state index contributed by atoms with van der Waals surface area (Å²) in [5.74, 6) is 1.80.